The molecular weight excluding hydrogens is 228 g/mol. The lowest BCUT2D eigenvalue weighted by Gasteiger charge is -2.10. The zero-order chi connectivity index (χ0) is 13.1. The third-order valence-corrected chi connectivity index (χ3v) is 2.91. The molecule has 2 rings (SSSR count). The van der Waals surface area contributed by atoms with Crippen LogP contribution in [0.3, 0.4) is 0 Å². The molecule has 2 aromatic heterocycles. The predicted octanol–water partition coefficient (Wildman–Crippen LogP) is 1.48. The smallest absolute Gasteiger partial charge is 0.157 e. The van der Waals surface area contributed by atoms with Gasteiger partial charge in [-0.3, -0.25) is 0 Å². The van der Waals surface area contributed by atoms with E-state index < -0.39 is 0 Å². The summed E-state index contributed by atoms with van der Waals surface area (Å²) in [5.74, 6) is 0. The molecule has 0 aromatic carbocycles. The Balaban J connectivity index is 2.18. The molecule has 0 bridgehead atoms. The molecule has 0 amide bonds. The van der Waals surface area contributed by atoms with E-state index in [2.05, 4.69) is 35.3 Å². The predicted molar refractivity (Wildman–Crippen MR) is 71.3 cm³/mol. The molecule has 18 heavy (non-hydrogen) atoms. The molecule has 98 valence electrons. The summed E-state index contributed by atoms with van der Waals surface area (Å²) in [4.78, 5) is 4.46. The van der Waals surface area contributed by atoms with Gasteiger partial charge in [0.15, 0.2) is 5.65 Å². The summed E-state index contributed by atoms with van der Waals surface area (Å²) in [5, 5.41) is 17.6. The molecule has 5 nitrogen and oxygen atoms in total. The molecular formula is C13H20N4O. The number of hydrogen-bond acceptors (Lipinski definition) is 4. The van der Waals surface area contributed by atoms with Gasteiger partial charge in [-0.05, 0) is 32.4 Å². The fraction of sp³-hybridized carbons (Fsp3) is 0.538. The van der Waals surface area contributed by atoms with Crippen LogP contribution in [0.1, 0.15) is 32.4 Å². The summed E-state index contributed by atoms with van der Waals surface area (Å²) in [6.45, 7) is 6.97. The van der Waals surface area contributed by atoms with E-state index in [4.69, 9.17) is 5.11 Å². The van der Waals surface area contributed by atoms with E-state index in [0.29, 0.717) is 12.6 Å². The van der Waals surface area contributed by atoms with Gasteiger partial charge < -0.3 is 10.4 Å². The Labute approximate surface area is 107 Å². The Hall–Kier alpha value is -1.46. The van der Waals surface area contributed by atoms with Gasteiger partial charge in [-0.15, -0.1) is 0 Å². The number of hydrogen-bond donors (Lipinski definition) is 2. The average molecular weight is 248 g/mol. The number of aromatic nitrogens is 3. The summed E-state index contributed by atoms with van der Waals surface area (Å²) in [6.07, 6.45) is 3.71. The molecule has 0 saturated heterocycles. The molecule has 5 heteroatoms. The van der Waals surface area contributed by atoms with E-state index in [0.717, 1.165) is 16.6 Å². The molecule has 0 aliphatic heterocycles. The highest BCUT2D eigenvalue weighted by molar-refractivity contribution is 5.75. The van der Waals surface area contributed by atoms with Gasteiger partial charge in [0.2, 0.25) is 0 Å². The fourth-order valence-electron chi connectivity index (χ4n) is 1.82. The number of rotatable bonds is 5. The van der Waals surface area contributed by atoms with Gasteiger partial charge in [-0.2, -0.15) is 5.10 Å². The van der Waals surface area contributed by atoms with Crippen molar-refractivity contribution in [2.45, 2.75) is 39.4 Å². The lowest BCUT2D eigenvalue weighted by Crippen LogP contribution is -2.28. The van der Waals surface area contributed by atoms with Crippen molar-refractivity contribution in [3.8, 4) is 0 Å². The van der Waals surface area contributed by atoms with E-state index in [-0.39, 0.29) is 12.6 Å². The van der Waals surface area contributed by atoms with E-state index in [1.807, 2.05) is 24.0 Å². The summed E-state index contributed by atoms with van der Waals surface area (Å²) >= 11 is 0. The Kier molecular flexibility index (Phi) is 3.93. The second kappa shape index (κ2) is 5.46. The Morgan fingerprint density at radius 3 is 2.78 bits per heavy atom. The maximum atomic E-state index is 8.96. The molecule has 2 N–H and O–H groups in total. The molecule has 0 aliphatic rings. The highest BCUT2D eigenvalue weighted by Crippen LogP contribution is 2.16. The minimum absolute atomic E-state index is 0.0964. The standard InChI is InChI=1S/C13H20N4O/c1-9(2)17-13-12(7-16-17)4-11(6-15-13)5-14-10(3)8-18/h4,6-7,9-10,14,18H,5,8H2,1-3H3/t10-/m1/s1. The normalized spacial score (nSPS) is 13.4. The van der Waals surface area contributed by atoms with Crippen molar-refractivity contribution in [2.75, 3.05) is 6.61 Å². The van der Waals surface area contributed by atoms with Crippen LogP contribution in [-0.2, 0) is 6.54 Å². The summed E-state index contributed by atoms with van der Waals surface area (Å²) in [6, 6.07) is 2.50. The molecule has 0 fully saturated rings. The van der Waals surface area contributed by atoms with Crippen molar-refractivity contribution in [1.29, 1.82) is 0 Å². The van der Waals surface area contributed by atoms with E-state index >= 15 is 0 Å². The Morgan fingerprint density at radius 2 is 2.11 bits per heavy atom. The molecule has 1 atom stereocenters. The monoisotopic (exact) mass is 248 g/mol. The lowest BCUT2D eigenvalue weighted by atomic mass is 10.2. The highest BCUT2D eigenvalue weighted by atomic mass is 16.3. The minimum Gasteiger partial charge on any atom is -0.395 e. The SMILES string of the molecule is CC(C)n1ncc2cc(CN[C@H](C)CO)cnc21. The number of pyridine rings is 1. The number of nitrogens with one attached hydrogen (secondary N) is 1. The largest absolute Gasteiger partial charge is 0.395 e. The molecule has 0 radical (unpaired) electrons. The Morgan fingerprint density at radius 1 is 1.33 bits per heavy atom. The van der Waals surface area contributed by atoms with Crippen LogP contribution >= 0.6 is 0 Å². The third-order valence-electron chi connectivity index (χ3n) is 2.91. The van der Waals surface area contributed by atoms with Crippen molar-refractivity contribution in [2.24, 2.45) is 0 Å². The van der Waals surface area contributed by atoms with Crippen molar-refractivity contribution in [1.82, 2.24) is 20.1 Å². The van der Waals surface area contributed by atoms with Crippen molar-refractivity contribution in [3.05, 3.63) is 24.0 Å². The van der Waals surface area contributed by atoms with Crippen LogP contribution < -0.4 is 5.32 Å². The lowest BCUT2D eigenvalue weighted by molar-refractivity contribution is 0.251. The molecule has 2 heterocycles. The molecule has 2 aromatic rings. The number of aliphatic hydroxyl groups excluding tert-OH is 1. The van der Waals surface area contributed by atoms with Gasteiger partial charge in [0, 0.05) is 30.2 Å². The van der Waals surface area contributed by atoms with Gasteiger partial charge in [-0.1, -0.05) is 0 Å². The number of aliphatic hydroxyl groups is 1. The van der Waals surface area contributed by atoms with Crippen LogP contribution in [0.5, 0.6) is 0 Å². The van der Waals surface area contributed by atoms with E-state index in [9.17, 15) is 0 Å². The first-order chi connectivity index (χ1) is 8.61. The second-order valence-corrected chi connectivity index (χ2v) is 4.90. The third kappa shape index (κ3) is 2.68. The molecule has 0 unspecified atom stereocenters. The molecule has 0 saturated carbocycles. The van der Waals surface area contributed by atoms with E-state index in [1.54, 1.807) is 0 Å². The average Bonchev–Trinajstić information content (AvgIpc) is 2.78. The van der Waals surface area contributed by atoms with Gasteiger partial charge in [0.05, 0.1) is 12.8 Å². The van der Waals surface area contributed by atoms with Crippen molar-refractivity contribution in [3.63, 3.8) is 0 Å². The quantitative estimate of drug-likeness (QED) is 0.841. The zero-order valence-electron chi connectivity index (χ0n) is 11.1. The summed E-state index contributed by atoms with van der Waals surface area (Å²) < 4.78 is 1.92. The first-order valence-electron chi connectivity index (χ1n) is 6.28. The highest BCUT2D eigenvalue weighted by Gasteiger charge is 2.08. The maximum Gasteiger partial charge on any atom is 0.157 e. The van der Waals surface area contributed by atoms with Crippen molar-refractivity contribution >= 4 is 11.0 Å². The van der Waals surface area contributed by atoms with Crippen molar-refractivity contribution < 1.29 is 5.11 Å². The van der Waals surface area contributed by atoms with Gasteiger partial charge >= 0.3 is 0 Å². The van der Waals surface area contributed by atoms with Crippen LogP contribution in [0.4, 0.5) is 0 Å². The van der Waals surface area contributed by atoms with Crippen LogP contribution in [0.25, 0.3) is 11.0 Å². The first kappa shape index (κ1) is 13.0. The minimum atomic E-state index is 0.0964. The number of fused-ring (bicyclic) bond motifs is 1. The van der Waals surface area contributed by atoms with Crippen LogP contribution in [0, 0.1) is 0 Å². The summed E-state index contributed by atoms with van der Waals surface area (Å²) in [7, 11) is 0. The van der Waals surface area contributed by atoms with Gasteiger partial charge in [0.25, 0.3) is 0 Å². The van der Waals surface area contributed by atoms with Crippen LogP contribution in [0.15, 0.2) is 18.5 Å². The molecule has 0 aliphatic carbocycles. The van der Waals surface area contributed by atoms with E-state index in [1.165, 1.54) is 0 Å². The maximum absolute atomic E-state index is 8.96. The van der Waals surface area contributed by atoms with Gasteiger partial charge in [0.1, 0.15) is 0 Å². The first-order valence-corrected chi connectivity index (χ1v) is 6.28. The Bertz CT molecular complexity index is 521. The second-order valence-electron chi connectivity index (χ2n) is 4.90. The fourth-order valence-corrected chi connectivity index (χ4v) is 1.82. The summed E-state index contributed by atoms with van der Waals surface area (Å²) in [5.41, 5.74) is 2.02. The topological polar surface area (TPSA) is 63.0 Å². The number of nitrogens with zero attached hydrogens (tertiary/aromatic N) is 3. The molecule has 0 spiro atoms. The van der Waals surface area contributed by atoms with Gasteiger partial charge in [-0.25, -0.2) is 9.67 Å². The van der Waals surface area contributed by atoms with Crippen LogP contribution in [-0.4, -0.2) is 32.5 Å². The zero-order valence-corrected chi connectivity index (χ0v) is 11.1. The van der Waals surface area contributed by atoms with Crippen LogP contribution in [0.2, 0.25) is 0 Å².